The maximum Gasteiger partial charge on any atom is 0.186 e. The molecule has 0 aliphatic carbocycles. The molecule has 0 bridgehead atoms. The van der Waals surface area contributed by atoms with Gasteiger partial charge >= 0.3 is 0 Å². The number of rotatable bonds is 2. The van der Waals surface area contributed by atoms with E-state index in [4.69, 9.17) is 10.00 Å². The highest BCUT2D eigenvalue weighted by atomic mass is 32.2. The molecule has 86 valence electrons. The first-order chi connectivity index (χ1) is 8.17. The zero-order valence-electron chi connectivity index (χ0n) is 9.61. The van der Waals surface area contributed by atoms with E-state index in [1.807, 2.05) is 6.07 Å². The van der Waals surface area contributed by atoms with E-state index >= 15 is 0 Å². The van der Waals surface area contributed by atoms with Crippen LogP contribution in [0.4, 0.5) is 0 Å². The summed E-state index contributed by atoms with van der Waals surface area (Å²) in [4.78, 5) is 10.7. The van der Waals surface area contributed by atoms with Gasteiger partial charge in [-0.3, -0.25) is 4.79 Å². The molecule has 17 heavy (non-hydrogen) atoms. The molecule has 0 aliphatic rings. The Kier molecular flexibility index (Phi) is 5.13. The van der Waals surface area contributed by atoms with Crippen molar-refractivity contribution in [2.75, 3.05) is 12.9 Å². The Morgan fingerprint density at radius 1 is 1.53 bits per heavy atom. The predicted molar refractivity (Wildman–Crippen MR) is 67.7 cm³/mol. The lowest BCUT2D eigenvalue weighted by molar-refractivity contribution is -0.109. The number of carbonyl (C=O) groups is 1. The monoisotopic (exact) mass is 245 g/mol. The second-order valence-corrected chi connectivity index (χ2v) is 4.26. The van der Waals surface area contributed by atoms with Crippen molar-refractivity contribution in [3.8, 4) is 23.7 Å². The fourth-order valence-electron chi connectivity index (χ4n) is 1.14. The van der Waals surface area contributed by atoms with Crippen molar-refractivity contribution in [3.05, 3.63) is 29.3 Å². The molecule has 1 rings (SSSR count). The van der Waals surface area contributed by atoms with E-state index in [1.54, 1.807) is 25.3 Å². The third kappa shape index (κ3) is 4.22. The lowest BCUT2D eigenvalue weighted by Gasteiger charge is -2.02. The Morgan fingerprint density at radius 2 is 2.29 bits per heavy atom. The van der Waals surface area contributed by atoms with Gasteiger partial charge in [0.1, 0.15) is 5.75 Å². The zero-order valence-corrected chi connectivity index (χ0v) is 10.4. The van der Waals surface area contributed by atoms with Crippen LogP contribution in [-0.4, -0.2) is 18.0 Å². The van der Waals surface area contributed by atoms with Crippen molar-refractivity contribution in [2.45, 2.75) is 6.92 Å². The van der Waals surface area contributed by atoms with E-state index in [0.717, 1.165) is 11.8 Å². The standard InChI is InChI=1S/C13H11NO2S/c1-10(15)17-7-3-4-12-8-11(9-14)5-6-13(12)16-2/h5-6,8H,7H2,1-2H3. The summed E-state index contributed by atoms with van der Waals surface area (Å²) in [5.74, 6) is 6.83. The number of nitriles is 1. The van der Waals surface area contributed by atoms with Crippen molar-refractivity contribution in [1.29, 1.82) is 5.26 Å². The molecule has 0 amide bonds. The molecule has 0 fully saturated rings. The number of methoxy groups -OCH3 is 1. The van der Waals surface area contributed by atoms with E-state index in [1.165, 1.54) is 6.92 Å². The molecule has 1 aromatic carbocycles. The summed E-state index contributed by atoms with van der Waals surface area (Å²) < 4.78 is 5.14. The van der Waals surface area contributed by atoms with Crippen molar-refractivity contribution < 1.29 is 9.53 Å². The fourth-order valence-corrected chi connectivity index (χ4v) is 1.49. The summed E-state index contributed by atoms with van der Waals surface area (Å²) in [6.45, 7) is 1.50. The van der Waals surface area contributed by atoms with Gasteiger partial charge in [-0.25, -0.2) is 0 Å². The molecule has 0 atom stereocenters. The van der Waals surface area contributed by atoms with Gasteiger partial charge in [-0.1, -0.05) is 23.6 Å². The molecule has 0 unspecified atom stereocenters. The lowest BCUT2D eigenvalue weighted by Crippen LogP contribution is -1.89. The minimum absolute atomic E-state index is 0.0389. The fraction of sp³-hybridized carbons (Fsp3) is 0.231. The quantitative estimate of drug-likeness (QED) is 0.749. The molecule has 0 radical (unpaired) electrons. The minimum Gasteiger partial charge on any atom is -0.495 e. The highest BCUT2D eigenvalue weighted by molar-refractivity contribution is 8.13. The Bertz CT molecular complexity index is 520. The van der Waals surface area contributed by atoms with Crippen LogP contribution >= 0.6 is 11.8 Å². The second-order valence-electron chi connectivity index (χ2n) is 3.11. The molecule has 0 aromatic heterocycles. The summed E-state index contributed by atoms with van der Waals surface area (Å²) in [6.07, 6.45) is 0. The van der Waals surface area contributed by atoms with E-state index < -0.39 is 0 Å². The van der Waals surface area contributed by atoms with Crippen molar-refractivity contribution in [3.63, 3.8) is 0 Å². The zero-order chi connectivity index (χ0) is 12.7. The summed E-state index contributed by atoms with van der Waals surface area (Å²) in [5, 5.41) is 8.82. The van der Waals surface area contributed by atoms with Gasteiger partial charge in [0.2, 0.25) is 0 Å². The highest BCUT2D eigenvalue weighted by Gasteiger charge is 2.01. The summed E-state index contributed by atoms with van der Waals surface area (Å²) in [7, 11) is 1.55. The van der Waals surface area contributed by atoms with Gasteiger partial charge in [0, 0.05) is 6.92 Å². The predicted octanol–water partition coefficient (Wildman–Crippen LogP) is 2.20. The summed E-state index contributed by atoms with van der Waals surface area (Å²) in [5.41, 5.74) is 1.20. The van der Waals surface area contributed by atoms with Gasteiger partial charge in [0.05, 0.1) is 30.1 Å². The van der Waals surface area contributed by atoms with Crippen LogP contribution in [0, 0.1) is 23.2 Å². The van der Waals surface area contributed by atoms with Crippen LogP contribution in [0.2, 0.25) is 0 Å². The normalized spacial score (nSPS) is 8.76. The second kappa shape index (κ2) is 6.62. The van der Waals surface area contributed by atoms with E-state index in [-0.39, 0.29) is 5.12 Å². The maximum absolute atomic E-state index is 10.7. The number of hydrogen-bond donors (Lipinski definition) is 0. The molecule has 4 heteroatoms. The number of benzene rings is 1. The molecule has 0 N–H and O–H groups in total. The topological polar surface area (TPSA) is 50.1 Å². The number of carbonyl (C=O) groups excluding carboxylic acids is 1. The lowest BCUT2D eigenvalue weighted by atomic mass is 10.1. The first-order valence-corrected chi connectivity index (χ1v) is 5.86. The largest absolute Gasteiger partial charge is 0.495 e. The SMILES string of the molecule is COc1ccc(C#N)cc1C#CCSC(C)=O. The Morgan fingerprint density at radius 3 is 2.88 bits per heavy atom. The Balaban J connectivity index is 2.88. The van der Waals surface area contributed by atoms with E-state index in [2.05, 4.69) is 11.8 Å². The van der Waals surface area contributed by atoms with E-state index in [0.29, 0.717) is 22.6 Å². The van der Waals surface area contributed by atoms with Gasteiger partial charge in [-0.05, 0) is 18.2 Å². The first kappa shape index (κ1) is 13.2. The molecule has 0 saturated heterocycles. The highest BCUT2D eigenvalue weighted by Crippen LogP contribution is 2.18. The average Bonchev–Trinajstić information content (AvgIpc) is 2.34. The number of nitrogens with zero attached hydrogens (tertiary/aromatic N) is 1. The van der Waals surface area contributed by atoms with Crippen molar-refractivity contribution in [2.24, 2.45) is 0 Å². The Hall–Kier alpha value is -1.91. The van der Waals surface area contributed by atoms with Gasteiger partial charge in [0.25, 0.3) is 0 Å². The number of thioether (sulfide) groups is 1. The first-order valence-electron chi connectivity index (χ1n) is 4.87. The third-order valence-corrected chi connectivity index (χ3v) is 2.59. The van der Waals surface area contributed by atoms with Crippen LogP contribution in [0.15, 0.2) is 18.2 Å². The van der Waals surface area contributed by atoms with Crippen LogP contribution in [0.25, 0.3) is 0 Å². The summed E-state index contributed by atoms with van der Waals surface area (Å²) in [6, 6.07) is 7.10. The van der Waals surface area contributed by atoms with Crippen molar-refractivity contribution in [1.82, 2.24) is 0 Å². The van der Waals surface area contributed by atoms with Gasteiger partial charge < -0.3 is 4.74 Å². The van der Waals surface area contributed by atoms with Crippen LogP contribution < -0.4 is 4.74 Å². The van der Waals surface area contributed by atoms with Crippen LogP contribution in [0.1, 0.15) is 18.1 Å². The summed E-state index contributed by atoms with van der Waals surface area (Å²) >= 11 is 1.16. The van der Waals surface area contributed by atoms with Crippen LogP contribution in [0.5, 0.6) is 5.75 Å². The molecule has 0 saturated carbocycles. The molecular weight excluding hydrogens is 234 g/mol. The van der Waals surface area contributed by atoms with Crippen LogP contribution in [-0.2, 0) is 4.79 Å². The molecule has 0 aliphatic heterocycles. The van der Waals surface area contributed by atoms with Gasteiger partial charge in [0.15, 0.2) is 5.12 Å². The van der Waals surface area contributed by atoms with Crippen LogP contribution in [0.3, 0.4) is 0 Å². The molecule has 1 aromatic rings. The van der Waals surface area contributed by atoms with Gasteiger partial charge in [-0.2, -0.15) is 5.26 Å². The number of hydrogen-bond acceptors (Lipinski definition) is 4. The van der Waals surface area contributed by atoms with E-state index in [9.17, 15) is 4.79 Å². The number of ether oxygens (including phenoxy) is 1. The average molecular weight is 245 g/mol. The minimum atomic E-state index is 0.0389. The molecule has 0 spiro atoms. The maximum atomic E-state index is 10.7. The van der Waals surface area contributed by atoms with Crippen molar-refractivity contribution >= 4 is 16.9 Å². The van der Waals surface area contributed by atoms with Gasteiger partial charge in [-0.15, -0.1) is 0 Å². The third-order valence-electron chi connectivity index (χ3n) is 1.90. The molecular formula is C13H11NO2S. The molecule has 3 nitrogen and oxygen atoms in total. The smallest absolute Gasteiger partial charge is 0.186 e. The Labute approximate surface area is 105 Å². The molecule has 0 heterocycles.